The Kier molecular flexibility index (Phi) is 9.04. The van der Waals surface area contributed by atoms with Crippen LogP contribution < -0.4 is 9.21 Å². The highest BCUT2D eigenvalue weighted by atomic mass is 35.5. The van der Waals surface area contributed by atoms with Gasteiger partial charge in [-0.25, -0.2) is 13.4 Å². The predicted molar refractivity (Wildman–Crippen MR) is 157 cm³/mol. The van der Waals surface area contributed by atoms with Crippen molar-refractivity contribution in [3.05, 3.63) is 83.4 Å². The largest absolute Gasteiger partial charge is 0.302 e. The minimum Gasteiger partial charge on any atom is -0.302 e. The van der Waals surface area contributed by atoms with Crippen LogP contribution in [0.25, 0.3) is 10.2 Å². The molecule has 0 aliphatic rings. The highest BCUT2D eigenvalue weighted by Crippen LogP contribution is 2.33. The van der Waals surface area contributed by atoms with Gasteiger partial charge in [-0.1, -0.05) is 61.1 Å². The molecule has 200 valence electrons. The normalized spacial score (nSPS) is 11.7. The van der Waals surface area contributed by atoms with Gasteiger partial charge in [0.05, 0.1) is 20.3 Å². The second-order valence-electron chi connectivity index (χ2n) is 8.60. The van der Waals surface area contributed by atoms with Gasteiger partial charge < -0.3 is 4.90 Å². The van der Waals surface area contributed by atoms with Gasteiger partial charge in [0.25, 0.3) is 15.9 Å². The lowest BCUT2D eigenvalue weighted by molar-refractivity contribution is 0.0983. The van der Waals surface area contributed by atoms with Crippen molar-refractivity contribution in [2.24, 2.45) is 0 Å². The second kappa shape index (κ2) is 12.3. The van der Waals surface area contributed by atoms with Crippen molar-refractivity contribution in [2.75, 3.05) is 41.9 Å². The van der Waals surface area contributed by atoms with E-state index in [1.807, 2.05) is 18.2 Å². The summed E-state index contributed by atoms with van der Waals surface area (Å²) < 4.78 is 29.0. The summed E-state index contributed by atoms with van der Waals surface area (Å²) in [7, 11) is -3.79. The number of thiazole rings is 1. The van der Waals surface area contributed by atoms with Crippen molar-refractivity contribution in [3.63, 3.8) is 0 Å². The molecule has 0 bridgehead atoms. The first-order valence-electron chi connectivity index (χ1n) is 12.6. The fourth-order valence-corrected chi connectivity index (χ4v) is 6.99. The maximum absolute atomic E-state index is 13.7. The Bertz CT molecular complexity index is 1490. The number of carbonyl (C=O) groups excluding carboxylic acids is 1. The number of benzene rings is 3. The van der Waals surface area contributed by atoms with Crippen molar-refractivity contribution in [2.45, 2.75) is 25.7 Å². The molecule has 0 aliphatic carbocycles. The van der Waals surface area contributed by atoms with E-state index in [0.29, 0.717) is 40.0 Å². The summed E-state index contributed by atoms with van der Waals surface area (Å²) in [5, 5.41) is 1.10. The van der Waals surface area contributed by atoms with Crippen LogP contribution in [0.15, 0.2) is 77.7 Å². The summed E-state index contributed by atoms with van der Waals surface area (Å²) in [6.07, 6.45) is 0. The molecule has 1 aromatic heterocycles. The Morgan fingerprint density at radius 3 is 2.16 bits per heavy atom. The smallest absolute Gasteiger partial charge is 0.264 e. The van der Waals surface area contributed by atoms with Gasteiger partial charge in [-0.05, 0) is 68.5 Å². The molecule has 0 N–H and O–H groups in total. The fourth-order valence-electron chi connectivity index (χ4n) is 4.22. The van der Waals surface area contributed by atoms with Crippen LogP contribution in [0.1, 0.15) is 31.1 Å². The number of sulfonamides is 1. The number of rotatable bonds is 11. The van der Waals surface area contributed by atoms with Gasteiger partial charge in [0.2, 0.25) is 0 Å². The lowest BCUT2D eigenvalue weighted by atomic mass is 10.2. The first-order chi connectivity index (χ1) is 18.3. The number of hydrogen-bond acceptors (Lipinski definition) is 6. The van der Waals surface area contributed by atoms with E-state index in [0.717, 1.165) is 17.8 Å². The van der Waals surface area contributed by atoms with Crippen LogP contribution in [-0.2, 0) is 10.0 Å². The van der Waals surface area contributed by atoms with Crippen molar-refractivity contribution in [1.29, 1.82) is 0 Å². The minimum atomic E-state index is -3.79. The quantitative estimate of drug-likeness (QED) is 0.216. The fraction of sp³-hybridized carbons (Fsp3) is 0.286. The zero-order valence-corrected chi connectivity index (χ0v) is 24.1. The number of nitrogens with zero attached hydrogens (tertiary/aromatic N) is 4. The summed E-state index contributed by atoms with van der Waals surface area (Å²) in [6.45, 7) is 9.10. The van der Waals surface area contributed by atoms with Crippen molar-refractivity contribution >= 4 is 59.9 Å². The molecular formula is C28H31ClN4O3S2. The average molecular weight is 571 g/mol. The Morgan fingerprint density at radius 2 is 1.55 bits per heavy atom. The topological polar surface area (TPSA) is 73.8 Å². The third kappa shape index (κ3) is 5.86. The van der Waals surface area contributed by atoms with E-state index in [9.17, 15) is 13.2 Å². The third-order valence-electron chi connectivity index (χ3n) is 6.39. The number of hydrogen-bond donors (Lipinski definition) is 0. The van der Waals surface area contributed by atoms with Gasteiger partial charge in [-0.3, -0.25) is 14.0 Å². The van der Waals surface area contributed by atoms with Crippen LogP contribution >= 0.6 is 22.9 Å². The Labute approximate surface area is 233 Å². The minimum absolute atomic E-state index is 0.126. The van der Waals surface area contributed by atoms with Crippen LogP contribution in [0.2, 0.25) is 5.02 Å². The molecule has 10 heteroatoms. The predicted octanol–water partition coefficient (Wildman–Crippen LogP) is 6.15. The standard InChI is InChI=1S/C28H31ClN4O3S2/c1-4-31(5-2)19-20-32(28-30-26-24(29)13-10-14-25(26)37-28)27(34)21-15-17-23(18-16-21)38(35,36)33(6-3)22-11-8-7-9-12-22/h7-18H,4-6,19-20H2,1-3H3. The van der Waals surface area contributed by atoms with Crippen LogP contribution in [0.5, 0.6) is 0 Å². The number of amides is 1. The molecule has 0 fully saturated rings. The van der Waals surface area contributed by atoms with Gasteiger partial charge in [0.15, 0.2) is 5.13 Å². The molecule has 7 nitrogen and oxygen atoms in total. The lowest BCUT2D eigenvalue weighted by Gasteiger charge is -2.25. The highest BCUT2D eigenvalue weighted by molar-refractivity contribution is 7.92. The van der Waals surface area contributed by atoms with Crippen molar-refractivity contribution in [1.82, 2.24) is 9.88 Å². The van der Waals surface area contributed by atoms with E-state index in [-0.39, 0.29) is 17.3 Å². The number of likely N-dealkylation sites (N-methyl/N-ethyl adjacent to an activating group) is 1. The van der Waals surface area contributed by atoms with Crippen LogP contribution in [0.4, 0.5) is 10.8 Å². The molecule has 0 spiro atoms. The van der Waals surface area contributed by atoms with E-state index in [1.165, 1.54) is 27.8 Å². The van der Waals surface area contributed by atoms with Crippen LogP contribution in [0.3, 0.4) is 0 Å². The molecule has 0 saturated carbocycles. The second-order valence-corrected chi connectivity index (χ2v) is 11.9. The number of halogens is 1. The highest BCUT2D eigenvalue weighted by Gasteiger charge is 2.26. The zero-order valence-electron chi connectivity index (χ0n) is 21.7. The molecule has 4 aromatic rings. The first-order valence-corrected chi connectivity index (χ1v) is 15.2. The van der Waals surface area contributed by atoms with Gasteiger partial charge >= 0.3 is 0 Å². The summed E-state index contributed by atoms with van der Waals surface area (Å²) in [4.78, 5) is 22.5. The number of carbonyl (C=O) groups is 1. The van der Waals surface area contributed by atoms with Crippen molar-refractivity contribution in [3.8, 4) is 0 Å². The molecule has 4 rings (SSSR count). The summed E-state index contributed by atoms with van der Waals surface area (Å²) in [5.74, 6) is -0.244. The Morgan fingerprint density at radius 1 is 0.868 bits per heavy atom. The summed E-state index contributed by atoms with van der Waals surface area (Å²) in [5.41, 5.74) is 1.64. The number of para-hydroxylation sites is 2. The first kappa shape index (κ1) is 28.0. The molecule has 3 aromatic carbocycles. The Balaban J connectivity index is 1.65. The Hall–Kier alpha value is -2.98. The molecule has 38 heavy (non-hydrogen) atoms. The van der Waals surface area contributed by atoms with E-state index in [2.05, 4.69) is 23.7 Å². The molecular weight excluding hydrogens is 540 g/mol. The van der Waals surface area contributed by atoms with Crippen LogP contribution in [0, 0.1) is 0 Å². The van der Waals surface area contributed by atoms with Crippen molar-refractivity contribution < 1.29 is 13.2 Å². The summed E-state index contributed by atoms with van der Waals surface area (Å²) >= 11 is 7.77. The average Bonchev–Trinajstić information content (AvgIpc) is 3.37. The molecule has 1 heterocycles. The van der Waals surface area contributed by atoms with Crippen LogP contribution in [-0.4, -0.2) is 56.9 Å². The van der Waals surface area contributed by atoms with E-state index in [1.54, 1.807) is 54.3 Å². The van der Waals surface area contributed by atoms with Gasteiger partial charge in [-0.15, -0.1) is 0 Å². The monoisotopic (exact) mass is 570 g/mol. The number of fused-ring (bicyclic) bond motifs is 1. The molecule has 1 amide bonds. The number of anilines is 2. The molecule has 0 saturated heterocycles. The maximum Gasteiger partial charge on any atom is 0.264 e. The zero-order chi connectivity index (χ0) is 27.3. The number of aromatic nitrogens is 1. The van der Waals surface area contributed by atoms with Gasteiger partial charge in [0, 0.05) is 25.2 Å². The molecule has 0 unspecified atom stereocenters. The summed E-state index contributed by atoms with van der Waals surface area (Å²) in [6, 6.07) is 20.7. The molecule has 0 aliphatic heterocycles. The van der Waals surface area contributed by atoms with Gasteiger partial charge in [-0.2, -0.15) is 0 Å². The third-order valence-corrected chi connectivity index (χ3v) is 9.66. The lowest BCUT2D eigenvalue weighted by Crippen LogP contribution is -2.39. The van der Waals surface area contributed by atoms with Gasteiger partial charge in [0.1, 0.15) is 5.52 Å². The molecule has 0 radical (unpaired) electrons. The van der Waals surface area contributed by atoms with E-state index < -0.39 is 10.0 Å². The SMILES string of the molecule is CCN(CC)CCN(C(=O)c1ccc(S(=O)(=O)N(CC)c2ccccc2)cc1)c1nc2c(Cl)cccc2s1. The molecule has 0 atom stereocenters. The van der Waals surface area contributed by atoms with E-state index >= 15 is 0 Å². The van der Waals surface area contributed by atoms with E-state index in [4.69, 9.17) is 11.6 Å². The maximum atomic E-state index is 13.7.